The molecule has 0 amide bonds. The highest BCUT2D eigenvalue weighted by Crippen LogP contribution is 2.23. The van der Waals surface area contributed by atoms with Crippen LogP contribution in [0, 0.1) is 12.3 Å². The lowest BCUT2D eigenvalue weighted by Crippen LogP contribution is -2.12. The quantitative estimate of drug-likeness (QED) is 0.777. The fourth-order valence-corrected chi connectivity index (χ4v) is 1.78. The summed E-state index contributed by atoms with van der Waals surface area (Å²) < 4.78 is 2.56. The topological polar surface area (TPSA) is 40.8 Å². The van der Waals surface area contributed by atoms with Crippen LogP contribution in [0.3, 0.4) is 0 Å². The number of halogens is 2. The minimum absolute atomic E-state index is 0.0179. The van der Waals surface area contributed by atoms with Crippen molar-refractivity contribution in [3.8, 4) is 0 Å². The Morgan fingerprint density at radius 1 is 1.75 bits per heavy atom. The van der Waals surface area contributed by atoms with E-state index in [1.165, 1.54) is 0 Å². The molecule has 1 aromatic rings. The minimum Gasteiger partial charge on any atom is -0.329 e. The van der Waals surface area contributed by atoms with Gasteiger partial charge < -0.3 is 5.43 Å². The van der Waals surface area contributed by atoms with Crippen molar-refractivity contribution in [2.75, 3.05) is 12.5 Å². The van der Waals surface area contributed by atoms with E-state index in [2.05, 4.69) is 21.4 Å². The van der Waals surface area contributed by atoms with Crippen molar-refractivity contribution in [2.45, 2.75) is 6.92 Å². The highest BCUT2D eigenvalue weighted by Gasteiger charge is 2.12. The van der Waals surface area contributed by atoms with Gasteiger partial charge in [0.2, 0.25) is 0 Å². The third-order valence-electron chi connectivity index (χ3n) is 1.57. The van der Waals surface area contributed by atoms with E-state index >= 15 is 0 Å². The second-order valence-corrected chi connectivity index (χ2v) is 3.55. The number of aromatic nitrogens is 1. The first-order valence-corrected chi connectivity index (χ1v) is 4.54. The van der Waals surface area contributed by atoms with Gasteiger partial charge in [-0.05, 0) is 28.4 Å². The van der Waals surface area contributed by atoms with Crippen LogP contribution in [0.5, 0.6) is 0 Å². The maximum atomic E-state index is 7.31. The average Bonchev–Trinajstić information content (AvgIpc) is 2.28. The number of hydrogen-bond acceptors (Lipinski definition) is 2. The molecule has 66 valence electrons. The van der Waals surface area contributed by atoms with Gasteiger partial charge in [0.1, 0.15) is 10.9 Å². The maximum Gasteiger partial charge on any atom is 0.147 e. The number of nitrogens with zero attached hydrogens (tertiary/aromatic N) is 1. The molecule has 0 unspecified atom stereocenters. The van der Waals surface area contributed by atoms with Gasteiger partial charge >= 0.3 is 0 Å². The lowest BCUT2D eigenvalue weighted by atomic mass is 10.3. The van der Waals surface area contributed by atoms with E-state index in [1.807, 2.05) is 13.1 Å². The molecule has 0 bridgehead atoms. The largest absolute Gasteiger partial charge is 0.329 e. The first-order chi connectivity index (χ1) is 5.57. The van der Waals surface area contributed by atoms with E-state index in [-0.39, 0.29) is 5.17 Å². The summed E-state index contributed by atoms with van der Waals surface area (Å²) in [6.45, 7) is 1.95. The van der Waals surface area contributed by atoms with Gasteiger partial charge in [-0.25, -0.2) is 0 Å². The van der Waals surface area contributed by atoms with E-state index in [0.717, 1.165) is 10.0 Å². The second kappa shape index (κ2) is 3.49. The predicted molar refractivity (Wildman–Crippen MR) is 54.8 cm³/mol. The van der Waals surface area contributed by atoms with Crippen LogP contribution in [0.4, 0.5) is 0 Å². The molecule has 1 heterocycles. The van der Waals surface area contributed by atoms with Crippen LogP contribution >= 0.6 is 27.5 Å². The van der Waals surface area contributed by atoms with Gasteiger partial charge in [0.25, 0.3) is 0 Å². The molecule has 0 aromatic carbocycles. The maximum absolute atomic E-state index is 7.31. The van der Waals surface area contributed by atoms with E-state index in [4.69, 9.17) is 17.0 Å². The highest BCUT2D eigenvalue weighted by molar-refractivity contribution is 9.10. The minimum atomic E-state index is 0.0179. The Bertz CT molecular complexity index is 319. The highest BCUT2D eigenvalue weighted by atomic mass is 79.9. The molecule has 0 aliphatic rings. The van der Waals surface area contributed by atoms with Gasteiger partial charge in [-0.15, -0.1) is 0 Å². The van der Waals surface area contributed by atoms with Crippen molar-refractivity contribution >= 4 is 32.7 Å². The van der Waals surface area contributed by atoms with Gasteiger partial charge in [0, 0.05) is 13.2 Å². The lowest BCUT2D eigenvalue weighted by molar-refractivity contribution is 0.922. The smallest absolute Gasteiger partial charge is 0.147 e. The van der Waals surface area contributed by atoms with Crippen molar-refractivity contribution < 1.29 is 0 Å². The summed E-state index contributed by atoms with van der Waals surface area (Å²) >= 11 is 8.95. The molecule has 0 spiro atoms. The lowest BCUT2D eigenvalue weighted by Gasteiger charge is -2.04. The Morgan fingerprint density at radius 2 is 2.33 bits per heavy atom. The SMILES string of the molecule is CNn1cc(C)c(Br)c1C(=N)Cl. The first-order valence-electron chi connectivity index (χ1n) is 3.37. The Kier molecular flexibility index (Phi) is 2.80. The van der Waals surface area contributed by atoms with Crippen molar-refractivity contribution in [3.63, 3.8) is 0 Å². The summed E-state index contributed by atoms with van der Waals surface area (Å²) in [7, 11) is 1.77. The van der Waals surface area contributed by atoms with Gasteiger partial charge in [-0.3, -0.25) is 10.1 Å². The zero-order valence-corrected chi connectivity index (χ0v) is 9.12. The summed E-state index contributed by atoms with van der Waals surface area (Å²) in [6.07, 6.45) is 1.87. The van der Waals surface area contributed by atoms with Crippen LogP contribution in [-0.4, -0.2) is 16.9 Å². The molecule has 0 saturated heterocycles. The third-order valence-corrected chi connectivity index (χ3v) is 2.75. The van der Waals surface area contributed by atoms with Crippen molar-refractivity contribution in [1.82, 2.24) is 4.68 Å². The van der Waals surface area contributed by atoms with Crippen LogP contribution in [0.25, 0.3) is 0 Å². The molecule has 12 heavy (non-hydrogen) atoms. The van der Waals surface area contributed by atoms with Crippen LogP contribution in [0.1, 0.15) is 11.3 Å². The molecule has 0 radical (unpaired) electrons. The van der Waals surface area contributed by atoms with E-state index in [9.17, 15) is 0 Å². The van der Waals surface area contributed by atoms with E-state index in [0.29, 0.717) is 5.69 Å². The molecular formula is C7H9BrClN3. The molecule has 2 N–H and O–H groups in total. The molecule has 0 fully saturated rings. The van der Waals surface area contributed by atoms with E-state index < -0.39 is 0 Å². The summed E-state index contributed by atoms with van der Waals surface area (Å²) in [5.74, 6) is 0. The average molecular weight is 251 g/mol. The van der Waals surface area contributed by atoms with Gasteiger partial charge in [0.05, 0.1) is 4.47 Å². The Balaban J connectivity index is 3.31. The van der Waals surface area contributed by atoms with E-state index in [1.54, 1.807) is 11.7 Å². The normalized spacial score (nSPS) is 10.0. The Hall–Kier alpha value is -0.480. The number of hydrogen-bond donors (Lipinski definition) is 2. The van der Waals surface area contributed by atoms with Crippen molar-refractivity contribution in [3.05, 3.63) is 21.9 Å². The Labute approximate surface area is 84.3 Å². The zero-order valence-electron chi connectivity index (χ0n) is 6.78. The monoisotopic (exact) mass is 249 g/mol. The summed E-state index contributed by atoms with van der Waals surface area (Å²) in [6, 6.07) is 0. The number of rotatable bonds is 2. The summed E-state index contributed by atoms with van der Waals surface area (Å²) in [4.78, 5) is 0. The summed E-state index contributed by atoms with van der Waals surface area (Å²) in [5.41, 5.74) is 4.60. The molecule has 5 heteroatoms. The fourth-order valence-electron chi connectivity index (χ4n) is 0.986. The van der Waals surface area contributed by atoms with Crippen LogP contribution < -0.4 is 5.43 Å². The van der Waals surface area contributed by atoms with Gasteiger partial charge in [0.15, 0.2) is 0 Å². The number of aryl methyl sites for hydroxylation is 1. The van der Waals surface area contributed by atoms with Crippen LogP contribution in [-0.2, 0) is 0 Å². The first kappa shape index (κ1) is 9.61. The van der Waals surface area contributed by atoms with Crippen LogP contribution in [0.15, 0.2) is 10.7 Å². The number of nitrogens with one attached hydrogen (secondary N) is 2. The summed E-state index contributed by atoms with van der Waals surface area (Å²) in [5, 5.41) is 7.33. The molecule has 1 rings (SSSR count). The predicted octanol–water partition coefficient (Wildman–Crippen LogP) is 2.30. The van der Waals surface area contributed by atoms with Crippen molar-refractivity contribution in [1.29, 1.82) is 5.41 Å². The molecule has 0 aliphatic carbocycles. The fraction of sp³-hybridized carbons (Fsp3) is 0.286. The molecule has 3 nitrogen and oxygen atoms in total. The molecule has 0 atom stereocenters. The van der Waals surface area contributed by atoms with Gasteiger partial charge in [-0.2, -0.15) is 0 Å². The second-order valence-electron chi connectivity index (χ2n) is 2.38. The zero-order chi connectivity index (χ0) is 9.30. The molecule has 1 aromatic heterocycles. The Morgan fingerprint density at radius 3 is 2.67 bits per heavy atom. The van der Waals surface area contributed by atoms with Gasteiger partial charge in [-0.1, -0.05) is 11.6 Å². The molecular weight excluding hydrogens is 241 g/mol. The van der Waals surface area contributed by atoms with Crippen LogP contribution in [0.2, 0.25) is 0 Å². The van der Waals surface area contributed by atoms with Crippen molar-refractivity contribution in [2.24, 2.45) is 0 Å². The molecule has 0 aliphatic heterocycles. The standard InChI is InChI=1S/C7H9BrClN3/c1-4-3-12(11-2)6(5(4)8)7(9)10/h3,10-11H,1-2H3. The third kappa shape index (κ3) is 1.49. The molecule has 0 saturated carbocycles.